The van der Waals surface area contributed by atoms with Gasteiger partial charge in [0.05, 0.1) is 6.61 Å². The monoisotopic (exact) mass is 414 g/mol. The Balaban J connectivity index is 1.77. The van der Waals surface area contributed by atoms with Gasteiger partial charge in [-0.05, 0) is 79.0 Å². The number of hydrogen-bond acceptors (Lipinski definition) is 4. The van der Waals surface area contributed by atoms with Crippen LogP contribution in [-0.4, -0.2) is 24.2 Å². The fourth-order valence-electron chi connectivity index (χ4n) is 2.83. The molecule has 0 aliphatic rings. The number of rotatable bonds is 9. The Morgan fingerprint density at radius 3 is 2.38 bits per heavy atom. The Bertz CT molecular complexity index is 819. The van der Waals surface area contributed by atoms with Crippen LogP contribution in [0.4, 0.5) is 5.69 Å². The minimum Gasteiger partial charge on any atom is -0.494 e. The maximum absolute atomic E-state index is 12.1. The molecule has 5 nitrogen and oxygen atoms in total. The van der Waals surface area contributed by atoms with Gasteiger partial charge in [0, 0.05) is 5.69 Å². The molecule has 0 atom stereocenters. The van der Waals surface area contributed by atoms with Crippen molar-refractivity contribution >= 4 is 28.9 Å². The Hall–Kier alpha value is -2.60. The first kappa shape index (κ1) is 22.7. The number of nitrogens with one attached hydrogen (secondary N) is 2. The molecule has 0 aliphatic carbocycles. The lowest BCUT2D eigenvalue weighted by Crippen LogP contribution is -2.37. The van der Waals surface area contributed by atoms with Gasteiger partial charge in [-0.2, -0.15) is 0 Å². The Morgan fingerprint density at radius 1 is 1.07 bits per heavy atom. The summed E-state index contributed by atoms with van der Waals surface area (Å²) in [5, 5.41) is 5.83. The molecule has 0 radical (unpaired) electrons. The maximum atomic E-state index is 12.1. The third-order valence-corrected chi connectivity index (χ3v) is 4.57. The third kappa shape index (κ3) is 7.74. The SMILES string of the molecule is CCCCOc1ccc(NC(=S)NC(=O)COc2ccc(C(C)C)c(C)c2)cc1. The van der Waals surface area contributed by atoms with Crippen LogP contribution >= 0.6 is 12.2 Å². The van der Waals surface area contributed by atoms with Crippen LogP contribution in [0, 0.1) is 6.92 Å². The van der Waals surface area contributed by atoms with E-state index in [0.717, 1.165) is 29.8 Å². The van der Waals surface area contributed by atoms with Crippen LogP contribution in [0.5, 0.6) is 11.5 Å². The number of carbonyl (C=O) groups is 1. The zero-order chi connectivity index (χ0) is 21.2. The van der Waals surface area contributed by atoms with Gasteiger partial charge in [0.2, 0.25) is 0 Å². The summed E-state index contributed by atoms with van der Waals surface area (Å²) < 4.78 is 11.2. The zero-order valence-electron chi connectivity index (χ0n) is 17.6. The number of unbranched alkanes of at least 4 members (excludes halogenated alkanes) is 1. The van der Waals surface area contributed by atoms with Gasteiger partial charge in [-0.15, -0.1) is 0 Å². The lowest BCUT2D eigenvalue weighted by atomic mass is 9.98. The lowest BCUT2D eigenvalue weighted by Gasteiger charge is -2.13. The molecule has 0 saturated heterocycles. The normalized spacial score (nSPS) is 10.5. The van der Waals surface area contributed by atoms with Crippen molar-refractivity contribution in [3.05, 3.63) is 53.6 Å². The predicted octanol–water partition coefficient (Wildman–Crippen LogP) is 5.19. The number of hydrogen-bond donors (Lipinski definition) is 2. The summed E-state index contributed by atoms with van der Waals surface area (Å²) in [5.74, 6) is 1.62. The van der Waals surface area contributed by atoms with Crippen molar-refractivity contribution in [1.29, 1.82) is 0 Å². The maximum Gasteiger partial charge on any atom is 0.264 e. The molecule has 0 fully saturated rings. The molecule has 2 aromatic rings. The van der Waals surface area contributed by atoms with Crippen molar-refractivity contribution in [2.75, 3.05) is 18.5 Å². The molecule has 156 valence electrons. The largest absolute Gasteiger partial charge is 0.494 e. The lowest BCUT2D eigenvalue weighted by molar-refractivity contribution is -0.121. The molecule has 0 aliphatic heterocycles. The van der Waals surface area contributed by atoms with Crippen molar-refractivity contribution in [3.63, 3.8) is 0 Å². The van der Waals surface area contributed by atoms with Gasteiger partial charge in [-0.1, -0.05) is 33.3 Å². The number of benzene rings is 2. The van der Waals surface area contributed by atoms with Gasteiger partial charge in [0.25, 0.3) is 5.91 Å². The van der Waals surface area contributed by atoms with Crippen LogP contribution in [0.25, 0.3) is 0 Å². The topological polar surface area (TPSA) is 59.6 Å². The Morgan fingerprint density at radius 2 is 1.76 bits per heavy atom. The van der Waals surface area contributed by atoms with E-state index in [-0.39, 0.29) is 17.6 Å². The number of amides is 1. The number of ether oxygens (including phenoxy) is 2. The smallest absolute Gasteiger partial charge is 0.264 e. The van der Waals surface area contributed by atoms with Gasteiger partial charge in [-0.3, -0.25) is 10.1 Å². The molecule has 2 rings (SSSR count). The van der Waals surface area contributed by atoms with Crippen molar-refractivity contribution in [1.82, 2.24) is 5.32 Å². The highest BCUT2D eigenvalue weighted by Gasteiger charge is 2.08. The van der Waals surface area contributed by atoms with E-state index in [0.29, 0.717) is 18.3 Å². The van der Waals surface area contributed by atoms with E-state index >= 15 is 0 Å². The minimum atomic E-state index is -0.312. The van der Waals surface area contributed by atoms with E-state index in [4.69, 9.17) is 21.7 Å². The van der Waals surface area contributed by atoms with Gasteiger partial charge >= 0.3 is 0 Å². The molecule has 0 aromatic heterocycles. The van der Waals surface area contributed by atoms with E-state index in [1.807, 2.05) is 49.4 Å². The Labute approximate surface area is 178 Å². The predicted molar refractivity (Wildman–Crippen MR) is 122 cm³/mol. The Kier molecular flexibility index (Phi) is 8.93. The number of carbonyl (C=O) groups excluding carboxylic acids is 1. The highest BCUT2D eigenvalue weighted by atomic mass is 32.1. The van der Waals surface area contributed by atoms with E-state index in [1.165, 1.54) is 5.56 Å². The summed E-state index contributed by atoms with van der Waals surface area (Å²) in [6.45, 7) is 9.07. The summed E-state index contributed by atoms with van der Waals surface area (Å²) in [6.07, 6.45) is 2.12. The average Bonchev–Trinajstić information content (AvgIpc) is 2.67. The second-order valence-corrected chi connectivity index (χ2v) is 7.60. The average molecular weight is 415 g/mol. The molecule has 0 heterocycles. The number of aryl methyl sites for hydroxylation is 1. The van der Waals surface area contributed by atoms with Crippen LogP contribution in [0.3, 0.4) is 0 Å². The second-order valence-electron chi connectivity index (χ2n) is 7.19. The molecule has 1 amide bonds. The first-order valence-electron chi connectivity index (χ1n) is 9.96. The van der Waals surface area contributed by atoms with Crippen LogP contribution < -0.4 is 20.1 Å². The molecular formula is C23H30N2O3S. The molecule has 2 N–H and O–H groups in total. The highest BCUT2D eigenvalue weighted by molar-refractivity contribution is 7.80. The molecule has 0 saturated carbocycles. The highest BCUT2D eigenvalue weighted by Crippen LogP contribution is 2.23. The van der Waals surface area contributed by atoms with Crippen LogP contribution in [-0.2, 0) is 4.79 Å². The van der Waals surface area contributed by atoms with E-state index in [9.17, 15) is 4.79 Å². The molecule has 2 aromatic carbocycles. The van der Waals surface area contributed by atoms with E-state index < -0.39 is 0 Å². The van der Waals surface area contributed by atoms with Gasteiger partial charge in [0.1, 0.15) is 11.5 Å². The molecule has 0 bridgehead atoms. The van der Waals surface area contributed by atoms with E-state index in [2.05, 4.69) is 31.4 Å². The van der Waals surface area contributed by atoms with Gasteiger partial charge in [-0.25, -0.2) is 0 Å². The molecule has 0 spiro atoms. The standard InChI is InChI=1S/C23H30N2O3S/c1-5-6-13-27-19-9-7-18(8-10-19)24-23(29)25-22(26)15-28-20-11-12-21(16(2)3)17(4)14-20/h7-12,14,16H,5-6,13,15H2,1-4H3,(H2,24,25,26,29). The van der Waals surface area contributed by atoms with Crippen LogP contribution in [0.15, 0.2) is 42.5 Å². The summed E-state index contributed by atoms with van der Waals surface area (Å²) in [5.41, 5.74) is 3.20. The van der Waals surface area contributed by atoms with Crippen LogP contribution in [0.2, 0.25) is 0 Å². The van der Waals surface area contributed by atoms with Gasteiger partial charge < -0.3 is 14.8 Å². The minimum absolute atomic E-state index is 0.105. The van der Waals surface area contributed by atoms with Crippen LogP contribution in [0.1, 0.15) is 50.7 Å². The third-order valence-electron chi connectivity index (χ3n) is 4.36. The molecular weight excluding hydrogens is 384 g/mol. The number of thiocarbonyl (C=S) groups is 1. The fourth-order valence-corrected chi connectivity index (χ4v) is 3.06. The number of anilines is 1. The summed E-state index contributed by atoms with van der Waals surface area (Å²) in [4.78, 5) is 12.1. The first-order valence-corrected chi connectivity index (χ1v) is 10.4. The summed E-state index contributed by atoms with van der Waals surface area (Å²) in [6, 6.07) is 13.3. The van der Waals surface area contributed by atoms with Crippen molar-refractivity contribution < 1.29 is 14.3 Å². The fraction of sp³-hybridized carbons (Fsp3) is 0.391. The van der Waals surface area contributed by atoms with Gasteiger partial charge in [0.15, 0.2) is 11.7 Å². The zero-order valence-corrected chi connectivity index (χ0v) is 18.4. The molecule has 0 unspecified atom stereocenters. The summed E-state index contributed by atoms with van der Waals surface area (Å²) >= 11 is 5.20. The molecule has 29 heavy (non-hydrogen) atoms. The molecule has 6 heteroatoms. The second kappa shape index (κ2) is 11.4. The van der Waals surface area contributed by atoms with Crippen molar-refractivity contribution in [2.45, 2.75) is 46.5 Å². The quantitative estimate of drug-likeness (QED) is 0.437. The van der Waals surface area contributed by atoms with Crippen molar-refractivity contribution in [2.24, 2.45) is 0 Å². The van der Waals surface area contributed by atoms with Crippen molar-refractivity contribution in [3.8, 4) is 11.5 Å². The first-order chi connectivity index (χ1) is 13.9. The summed E-state index contributed by atoms with van der Waals surface area (Å²) in [7, 11) is 0. The van der Waals surface area contributed by atoms with E-state index in [1.54, 1.807) is 0 Å².